The topological polar surface area (TPSA) is 130 Å². The number of non-ortho nitro benzene ring substituents is 1. The standard InChI is InChI=1S/C16H17NO8/c1-10(18)8-9-16(14(20)24-2,15(21)25-3)13(19)11-4-6-12(7-5-11)17(22)23/h4-7H,8-9H2,1-3H3. The number of ether oxygens (including phenoxy) is 2. The average Bonchev–Trinajstić information content (AvgIpc) is 2.60. The van der Waals surface area contributed by atoms with Crippen molar-refractivity contribution in [3.63, 3.8) is 0 Å². The number of rotatable bonds is 8. The summed E-state index contributed by atoms with van der Waals surface area (Å²) < 4.78 is 9.19. The molecule has 0 spiro atoms. The van der Waals surface area contributed by atoms with Gasteiger partial charge in [-0.15, -0.1) is 0 Å². The SMILES string of the molecule is COC(=O)C(CCC(C)=O)(C(=O)OC)C(=O)c1ccc([N+](=O)[O-])cc1. The Morgan fingerprint density at radius 1 is 1.04 bits per heavy atom. The van der Waals surface area contributed by atoms with Crippen LogP contribution in [0.4, 0.5) is 5.69 Å². The van der Waals surface area contributed by atoms with Crippen LogP contribution in [0.15, 0.2) is 24.3 Å². The minimum atomic E-state index is -2.36. The Hall–Kier alpha value is -3.10. The highest BCUT2D eigenvalue weighted by atomic mass is 16.6. The first-order chi connectivity index (χ1) is 11.7. The van der Waals surface area contributed by atoms with Crippen LogP contribution in [0.5, 0.6) is 0 Å². The maximum atomic E-state index is 12.9. The molecule has 0 saturated heterocycles. The second kappa shape index (κ2) is 8.13. The van der Waals surface area contributed by atoms with Gasteiger partial charge in [0, 0.05) is 24.1 Å². The number of hydrogen-bond donors (Lipinski definition) is 0. The molecule has 9 heteroatoms. The zero-order valence-corrected chi connectivity index (χ0v) is 13.9. The van der Waals surface area contributed by atoms with E-state index in [2.05, 4.69) is 9.47 Å². The summed E-state index contributed by atoms with van der Waals surface area (Å²) in [5, 5.41) is 10.7. The van der Waals surface area contributed by atoms with Crippen LogP contribution in [0, 0.1) is 15.5 Å². The number of nitro groups is 1. The van der Waals surface area contributed by atoms with E-state index >= 15 is 0 Å². The van der Waals surface area contributed by atoms with E-state index < -0.39 is 34.5 Å². The summed E-state index contributed by atoms with van der Waals surface area (Å²) in [6.45, 7) is 1.25. The summed E-state index contributed by atoms with van der Waals surface area (Å²) in [4.78, 5) is 58.8. The van der Waals surface area contributed by atoms with Gasteiger partial charge in [0.1, 0.15) is 5.78 Å². The lowest BCUT2D eigenvalue weighted by molar-refractivity contribution is -0.384. The summed E-state index contributed by atoms with van der Waals surface area (Å²) in [7, 11) is 1.99. The molecule has 25 heavy (non-hydrogen) atoms. The van der Waals surface area contributed by atoms with Crippen LogP contribution in [-0.2, 0) is 23.9 Å². The van der Waals surface area contributed by atoms with Gasteiger partial charge >= 0.3 is 11.9 Å². The van der Waals surface area contributed by atoms with Gasteiger partial charge in [-0.3, -0.25) is 24.5 Å². The van der Waals surface area contributed by atoms with Crippen molar-refractivity contribution in [2.24, 2.45) is 5.41 Å². The van der Waals surface area contributed by atoms with Crippen molar-refractivity contribution in [3.8, 4) is 0 Å². The molecule has 0 unspecified atom stereocenters. The molecule has 0 bridgehead atoms. The fourth-order valence-corrected chi connectivity index (χ4v) is 2.28. The summed E-state index contributed by atoms with van der Waals surface area (Å²) in [5.74, 6) is -3.62. The van der Waals surface area contributed by atoms with E-state index in [4.69, 9.17) is 0 Å². The van der Waals surface area contributed by atoms with Gasteiger partial charge in [-0.25, -0.2) is 0 Å². The number of carbonyl (C=O) groups is 4. The van der Waals surface area contributed by atoms with E-state index in [9.17, 15) is 29.3 Å². The first kappa shape index (κ1) is 19.9. The molecule has 0 radical (unpaired) electrons. The van der Waals surface area contributed by atoms with Crippen molar-refractivity contribution in [1.29, 1.82) is 0 Å². The Morgan fingerprint density at radius 2 is 1.52 bits per heavy atom. The molecule has 0 aliphatic carbocycles. The van der Waals surface area contributed by atoms with Crippen molar-refractivity contribution >= 4 is 29.2 Å². The van der Waals surface area contributed by atoms with Crippen LogP contribution in [0.3, 0.4) is 0 Å². The third-order valence-corrected chi connectivity index (χ3v) is 3.65. The summed E-state index contributed by atoms with van der Waals surface area (Å²) in [6.07, 6.45) is -0.666. The number of nitro benzene ring substituents is 1. The second-order valence-electron chi connectivity index (χ2n) is 5.22. The minimum Gasteiger partial charge on any atom is -0.468 e. The highest BCUT2D eigenvalue weighted by molar-refractivity contribution is 6.25. The van der Waals surface area contributed by atoms with E-state index in [-0.39, 0.29) is 23.5 Å². The average molecular weight is 351 g/mol. The zero-order chi connectivity index (χ0) is 19.2. The van der Waals surface area contributed by atoms with Gasteiger partial charge in [-0.05, 0) is 25.5 Å². The molecule has 0 fully saturated rings. The Kier molecular flexibility index (Phi) is 6.49. The number of carbonyl (C=O) groups excluding carboxylic acids is 4. The smallest absolute Gasteiger partial charge is 0.331 e. The molecule has 0 aliphatic heterocycles. The van der Waals surface area contributed by atoms with Crippen LogP contribution in [0.25, 0.3) is 0 Å². The molecule has 0 saturated carbocycles. The quantitative estimate of drug-likeness (QED) is 0.226. The van der Waals surface area contributed by atoms with Crippen molar-refractivity contribution in [1.82, 2.24) is 0 Å². The Balaban J connectivity index is 3.43. The fraction of sp³-hybridized carbons (Fsp3) is 0.375. The van der Waals surface area contributed by atoms with Crippen LogP contribution in [-0.4, -0.2) is 42.6 Å². The number of ketones is 2. The Bertz CT molecular complexity index is 691. The van der Waals surface area contributed by atoms with E-state index in [1.54, 1.807) is 0 Å². The largest absolute Gasteiger partial charge is 0.468 e. The third kappa shape index (κ3) is 4.06. The lowest BCUT2D eigenvalue weighted by Crippen LogP contribution is -2.48. The van der Waals surface area contributed by atoms with E-state index in [1.165, 1.54) is 6.92 Å². The summed E-state index contributed by atoms with van der Waals surface area (Å²) >= 11 is 0. The van der Waals surface area contributed by atoms with Crippen LogP contribution >= 0.6 is 0 Å². The molecule has 0 aliphatic rings. The number of benzene rings is 1. The van der Waals surface area contributed by atoms with Gasteiger partial charge in [0.25, 0.3) is 5.69 Å². The number of hydrogen-bond acceptors (Lipinski definition) is 8. The van der Waals surface area contributed by atoms with Gasteiger partial charge < -0.3 is 14.3 Å². The molecule has 1 rings (SSSR count). The maximum Gasteiger partial charge on any atom is 0.331 e. The van der Waals surface area contributed by atoms with Crippen molar-refractivity contribution < 1.29 is 33.6 Å². The molecule has 0 aromatic heterocycles. The van der Waals surface area contributed by atoms with Crippen molar-refractivity contribution in [3.05, 3.63) is 39.9 Å². The number of esters is 2. The fourth-order valence-electron chi connectivity index (χ4n) is 2.28. The molecular formula is C16H17NO8. The van der Waals surface area contributed by atoms with Gasteiger partial charge in [-0.2, -0.15) is 0 Å². The molecule has 1 aromatic rings. The predicted molar refractivity (Wildman–Crippen MR) is 83.8 cm³/mol. The van der Waals surface area contributed by atoms with Gasteiger partial charge in [0.2, 0.25) is 5.41 Å². The molecule has 0 heterocycles. The highest BCUT2D eigenvalue weighted by Crippen LogP contribution is 2.33. The van der Waals surface area contributed by atoms with Crippen LogP contribution < -0.4 is 0 Å². The molecular weight excluding hydrogens is 334 g/mol. The van der Waals surface area contributed by atoms with E-state index in [0.717, 1.165) is 38.5 Å². The first-order valence-electron chi connectivity index (χ1n) is 7.16. The minimum absolute atomic E-state index is 0.120. The molecule has 0 atom stereocenters. The van der Waals surface area contributed by atoms with Crippen LogP contribution in [0.2, 0.25) is 0 Å². The van der Waals surface area contributed by atoms with E-state index in [1.807, 2.05) is 0 Å². The lowest BCUT2D eigenvalue weighted by Gasteiger charge is -2.26. The van der Waals surface area contributed by atoms with Gasteiger partial charge in [-0.1, -0.05) is 0 Å². The molecule has 1 aromatic carbocycles. The van der Waals surface area contributed by atoms with Crippen molar-refractivity contribution in [2.75, 3.05) is 14.2 Å². The highest BCUT2D eigenvalue weighted by Gasteiger charge is 2.55. The molecule has 9 nitrogen and oxygen atoms in total. The molecule has 0 N–H and O–H groups in total. The van der Waals surface area contributed by atoms with Gasteiger partial charge in [0.15, 0.2) is 5.78 Å². The maximum absolute atomic E-state index is 12.9. The monoisotopic (exact) mass is 351 g/mol. The molecule has 134 valence electrons. The van der Waals surface area contributed by atoms with E-state index in [0.29, 0.717) is 0 Å². The normalized spacial score (nSPS) is 10.7. The number of nitrogens with zero attached hydrogens (tertiary/aromatic N) is 1. The number of methoxy groups -OCH3 is 2. The van der Waals surface area contributed by atoms with Crippen LogP contribution in [0.1, 0.15) is 30.1 Å². The molecule has 0 amide bonds. The van der Waals surface area contributed by atoms with Crippen molar-refractivity contribution in [2.45, 2.75) is 19.8 Å². The third-order valence-electron chi connectivity index (χ3n) is 3.65. The summed E-state index contributed by atoms with van der Waals surface area (Å²) in [6, 6.07) is 4.37. The van der Waals surface area contributed by atoms with Gasteiger partial charge in [0.05, 0.1) is 19.1 Å². The predicted octanol–water partition coefficient (Wildman–Crippen LogP) is 1.48. The Labute approximate surface area is 143 Å². The Morgan fingerprint density at radius 3 is 1.88 bits per heavy atom. The summed E-state index contributed by atoms with van der Waals surface area (Å²) in [5.41, 5.74) is -2.74. The zero-order valence-electron chi connectivity index (χ0n) is 13.9. The second-order valence-corrected chi connectivity index (χ2v) is 5.22. The lowest BCUT2D eigenvalue weighted by atomic mass is 9.76. The first-order valence-corrected chi connectivity index (χ1v) is 7.16. The number of Topliss-reactive ketones (excluding diaryl/α,β-unsaturated/α-hetero) is 2.